The highest BCUT2D eigenvalue weighted by atomic mass is 32.2. The molecule has 3 nitrogen and oxygen atoms in total. The van der Waals surface area contributed by atoms with E-state index in [0.717, 1.165) is 28.4 Å². The Labute approximate surface area is 158 Å². The minimum atomic E-state index is 0.0788. The van der Waals surface area contributed by atoms with E-state index in [-0.39, 0.29) is 5.91 Å². The molecular weight excluding hydrogens is 348 g/mol. The second kappa shape index (κ2) is 10.9. The average Bonchev–Trinajstić information content (AvgIpc) is 2.63. The Balaban J connectivity index is 1.56. The minimum absolute atomic E-state index is 0.0788. The van der Waals surface area contributed by atoms with Crippen molar-refractivity contribution in [3.8, 4) is 6.07 Å². The van der Waals surface area contributed by atoms with Gasteiger partial charge in [-0.25, -0.2) is 0 Å². The number of thioether (sulfide) groups is 2. The second-order valence-electron chi connectivity index (χ2n) is 5.65. The zero-order valence-corrected chi connectivity index (χ0v) is 16.0. The first-order valence-electron chi connectivity index (χ1n) is 8.15. The van der Waals surface area contributed by atoms with Crippen LogP contribution in [0.1, 0.15) is 22.3 Å². The SMILES string of the molecule is Cc1ccc(CSCC(=O)NCCSCc2ccccc2C#N)cc1. The molecule has 130 valence electrons. The lowest BCUT2D eigenvalue weighted by Gasteiger charge is -2.06. The lowest BCUT2D eigenvalue weighted by atomic mass is 10.1. The van der Waals surface area contributed by atoms with Crippen molar-refractivity contribution in [2.75, 3.05) is 18.1 Å². The Morgan fingerprint density at radius 1 is 1.08 bits per heavy atom. The van der Waals surface area contributed by atoms with Crippen LogP contribution in [-0.2, 0) is 16.3 Å². The molecule has 0 unspecified atom stereocenters. The number of benzene rings is 2. The number of rotatable bonds is 9. The first kappa shape index (κ1) is 19.4. The summed E-state index contributed by atoms with van der Waals surface area (Å²) in [5.41, 5.74) is 4.28. The quantitative estimate of drug-likeness (QED) is 0.674. The van der Waals surface area contributed by atoms with Crippen LogP contribution in [0.5, 0.6) is 0 Å². The van der Waals surface area contributed by atoms with Crippen molar-refractivity contribution in [3.05, 3.63) is 70.8 Å². The maximum Gasteiger partial charge on any atom is 0.230 e. The van der Waals surface area contributed by atoms with E-state index in [2.05, 4.69) is 42.6 Å². The largest absolute Gasteiger partial charge is 0.355 e. The Morgan fingerprint density at radius 3 is 2.60 bits per heavy atom. The summed E-state index contributed by atoms with van der Waals surface area (Å²) in [6.45, 7) is 2.73. The average molecular weight is 371 g/mol. The molecule has 0 aliphatic carbocycles. The van der Waals surface area contributed by atoms with Crippen molar-refractivity contribution in [1.29, 1.82) is 5.26 Å². The molecule has 0 saturated carbocycles. The summed E-state index contributed by atoms with van der Waals surface area (Å²) >= 11 is 3.36. The molecule has 5 heteroatoms. The fourth-order valence-corrected chi connectivity index (χ4v) is 3.88. The number of nitrogens with one attached hydrogen (secondary N) is 1. The fraction of sp³-hybridized carbons (Fsp3) is 0.300. The highest BCUT2D eigenvalue weighted by Crippen LogP contribution is 2.15. The molecule has 0 fully saturated rings. The third-order valence-corrected chi connectivity index (χ3v) is 5.60. The van der Waals surface area contributed by atoms with Crippen molar-refractivity contribution < 1.29 is 4.79 Å². The van der Waals surface area contributed by atoms with Crippen LogP contribution in [0.3, 0.4) is 0 Å². The molecule has 0 atom stereocenters. The van der Waals surface area contributed by atoms with Gasteiger partial charge in [0.2, 0.25) is 5.91 Å². The van der Waals surface area contributed by atoms with Crippen molar-refractivity contribution in [2.24, 2.45) is 0 Å². The minimum Gasteiger partial charge on any atom is -0.355 e. The maximum absolute atomic E-state index is 11.8. The zero-order chi connectivity index (χ0) is 17.9. The molecule has 2 rings (SSSR count). The predicted octanol–water partition coefficient (Wildman–Crippen LogP) is 4.15. The molecule has 2 aromatic rings. The molecule has 1 amide bonds. The van der Waals surface area contributed by atoms with Gasteiger partial charge in [-0.3, -0.25) is 4.79 Å². The van der Waals surface area contributed by atoms with E-state index in [1.54, 1.807) is 23.5 Å². The monoisotopic (exact) mass is 370 g/mol. The second-order valence-corrected chi connectivity index (χ2v) is 7.74. The van der Waals surface area contributed by atoms with Gasteiger partial charge in [-0.15, -0.1) is 11.8 Å². The van der Waals surface area contributed by atoms with Crippen LogP contribution in [0.2, 0.25) is 0 Å². The highest BCUT2D eigenvalue weighted by Gasteiger charge is 2.03. The van der Waals surface area contributed by atoms with E-state index < -0.39 is 0 Å². The Kier molecular flexibility index (Phi) is 8.44. The lowest BCUT2D eigenvalue weighted by molar-refractivity contribution is -0.118. The highest BCUT2D eigenvalue weighted by molar-refractivity contribution is 7.99. The number of amides is 1. The molecular formula is C20H22N2OS2. The van der Waals surface area contributed by atoms with Gasteiger partial charge in [-0.1, -0.05) is 48.0 Å². The summed E-state index contributed by atoms with van der Waals surface area (Å²) < 4.78 is 0. The van der Waals surface area contributed by atoms with Crippen LogP contribution in [-0.4, -0.2) is 24.0 Å². The Bertz CT molecular complexity index is 723. The number of carbonyl (C=O) groups excluding carboxylic acids is 1. The molecule has 0 aliphatic heterocycles. The van der Waals surface area contributed by atoms with Crippen LogP contribution in [0.15, 0.2) is 48.5 Å². The molecule has 2 aromatic carbocycles. The van der Waals surface area contributed by atoms with Gasteiger partial charge in [0.05, 0.1) is 17.4 Å². The summed E-state index contributed by atoms with van der Waals surface area (Å²) in [7, 11) is 0. The summed E-state index contributed by atoms with van der Waals surface area (Å²) in [6, 6.07) is 18.3. The van der Waals surface area contributed by atoms with Crippen molar-refractivity contribution in [1.82, 2.24) is 5.32 Å². The number of aryl methyl sites for hydroxylation is 1. The predicted molar refractivity (Wildman–Crippen MR) is 108 cm³/mol. The number of nitrogens with zero attached hydrogens (tertiary/aromatic N) is 1. The standard InChI is InChI=1S/C20H22N2OS2/c1-16-6-8-17(9-7-16)13-25-15-20(23)22-10-11-24-14-19-5-3-2-4-18(19)12-21/h2-9H,10-11,13-15H2,1H3,(H,22,23). The molecule has 0 aliphatic rings. The molecule has 25 heavy (non-hydrogen) atoms. The topological polar surface area (TPSA) is 52.9 Å². The smallest absolute Gasteiger partial charge is 0.230 e. The van der Waals surface area contributed by atoms with Gasteiger partial charge in [0.25, 0.3) is 0 Å². The van der Waals surface area contributed by atoms with E-state index in [4.69, 9.17) is 5.26 Å². The van der Waals surface area contributed by atoms with Gasteiger partial charge in [0.1, 0.15) is 0 Å². The molecule has 0 bridgehead atoms. The van der Waals surface area contributed by atoms with Gasteiger partial charge in [-0.2, -0.15) is 17.0 Å². The van der Waals surface area contributed by atoms with Crippen molar-refractivity contribution >= 4 is 29.4 Å². The van der Waals surface area contributed by atoms with Gasteiger partial charge in [0, 0.05) is 23.8 Å². The van der Waals surface area contributed by atoms with Crippen LogP contribution >= 0.6 is 23.5 Å². The molecule has 0 saturated heterocycles. The van der Waals surface area contributed by atoms with E-state index in [9.17, 15) is 4.79 Å². The van der Waals surface area contributed by atoms with Gasteiger partial charge < -0.3 is 5.32 Å². The molecule has 0 spiro atoms. The lowest BCUT2D eigenvalue weighted by Crippen LogP contribution is -2.27. The Hall–Kier alpha value is -1.90. The number of carbonyl (C=O) groups is 1. The fourth-order valence-electron chi connectivity index (χ4n) is 2.20. The van der Waals surface area contributed by atoms with Crippen molar-refractivity contribution in [3.63, 3.8) is 0 Å². The van der Waals surface area contributed by atoms with Gasteiger partial charge in [-0.05, 0) is 24.1 Å². The van der Waals surface area contributed by atoms with E-state index in [1.165, 1.54) is 11.1 Å². The summed E-state index contributed by atoms with van der Waals surface area (Å²) in [4.78, 5) is 11.8. The van der Waals surface area contributed by atoms with Crippen LogP contribution in [0.25, 0.3) is 0 Å². The number of hydrogen-bond donors (Lipinski definition) is 1. The third-order valence-electron chi connectivity index (χ3n) is 3.59. The van der Waals surface area contributed by atoms with Crippen LogP contribution in [0, 0.1) is 18.3 Å². The summed E-state index contributed by atoms with van der Waals surface area (Å²) in [5.74, 6) is 3.05. The molecule has 0 heterocycles. The normalized spacial score (nSPS) is 10.2. The first-order chi connectivity index (χ1) is 12.2. The zero-order valence-electron chi connectivity index (χ0n) is 14.3. The Morgan fingerprint density at radius 2 is 1.84 bits per heavy atom. The van der Waals surface area contributed by atoms with Crippen molar-refractivity contribution in [2.45, 2.75) is 18.4 Å². The molecule has 0 aromatic heterocycles. The maximum atomic E-state index is 11.8. The summed E-state index contributed by atoms with van der Waals surface area (Å²) in [5, 5.41) is 12.0. The van der Waals surface area contributed by atoms with E-state index in [1.807, 2.05) is 24.3 Å². The van der Waals surface area contributed by atoms with Crippen LogP contribution in [0.4, 0.5) is 0 Å². The molecule has 0 radical (unpaired) electrons. The van der Waals surface area contributed by atoms with Crippen LogP contribution < -0.4 is 5.32 Å². The number of nitriles is 1. The first-order valence-corrected chi connectivity index (χ1v) is 10.5. The molecule has 1 N–H and O–H groups in total. The van der Waals surface area contributed by atoms with E-state index in [0.29, 0.717) is 12.3 Å². The van der Waals surface area contributed by atoms with Gasteiger partial charge in [0.15, 0.2) is 0 Å². The van der Waals surface area contributed by atoms with Gasteiger partial charge >= 0.3 is 0 Å². The summed E-state index contributed by atoms with van der Waals surface area (Å²) in [6.07, 6.45) is 0. The third kappa shape index (κ3) is 7.25. The number of hydrogen-bond acceptors (Lipinski definition) is 4. The van der Waals surface area contributed by atoms with E-state index >= 15 is 0 Å².